The third kappa shape index (κ3) is 3.08. The van der Waals surface area contributed by atoms with Gasteiger partial charge in [-0.1, -0.05) is 48.0 Å². The van der Waals surface area contributed by atoms with Crippen molar-refractivity contribution in [2.24, 2.45) is 7.05 Å². The van der Waals surface area contributed by atoms with Crippen molar-refractivity contribution in [2.75, 3.05) is 13.7 Å². The summed E-state index contributed by atoms with van der Waals surface area (Å²) in [5.41, 5.74) is 4.81. The summed E-state index contributed by atoms with van der Waals surface area (Å²) in [5.74, 6) is 0.360. The molecule has 1 aliphatic heterocycles. The van der Waals surface area contributed by atoms with E-state index in [1.165, 1.54) is 5.56 Å². The van der Waals surface area contributed by atoms with Gasteiger partial charge in [0.25, 0.3) is 5.91 Å². The summed E-state index contributed by atoms with van der Waals surface area (Å²) in [5, 5.41) is 5.08. The number of ether oxygens (including phenoxy) is 1. The molecule has 0 radical (unpaired) electrons. The van der Waals surface area contributed by atoms with Crippen LogP contribution in [0.5, 0.6) is 5.75 Å². The molecule has 0 bridgehead atoms. The van der Waals surface area contributed by atoms with Crippen molar-refractivity contribution in [3.05, 3.63) is 70.4 Å². The molecule has 0 fully saturated rings. The fourth-order valence-corrected chi connectivity index (χ4v) is 3.94. The molecular weight excluding hydrogens is 362 g/mol. The van der Waals surface area contributed by atoms with E-state index in [-0.39, 0.29) is 5.91 Å². The Morgan fingerprint density at radius 1 is 1.15 bits per heavy atom. The molecule has 0 saturated carbocycles. The van der Waals surface area contributed by atoms with Gasteiger partial charge in [0.15, 0.2) is 0 Å². The topological polar surface area (TPSA) is 47.4 Å². The minimum atomic E-state index is -0.130. The number of rotatable bonds is 3. The Morgan fingerprint density at radius 2 is 1.93 bits per heavy atom. The molecular formula is C21H20ClN3O2. The number of nitrogens with zero attached hydrogens (tertiary/aromatic N) is 3. The molecule has 5 nitrogen and oxygen atoms in total. The number of fused-ring (bicyclic) bond motifs is 1. The number of amides is 1. The Bertz CT molecular complexity index is 998. The quantitative estimate of drug-likeness (QED) is 0.690. The van der Waals surface area contributed by atoms with Crippen molar-refractivity contribution >= 4 is 17.5 Å². The number of carbonyl (C=O) groups is 1. The van der Waals surface area contributed by atoms with Gasteiger partial charge >= 0.3 is 0 Å². The number of halogens is 1. The minimum absolute atomic E-state index is 0.130. The van der Waals surface area contributed by atoms with Crippen LogP contribution in [0, 0.1) is 0 Å². The Kier molecular flexibility index (Phi) is 4.62. The fourth-order valence-electron chi connectivity index (χ4n) is 3.69. The van der Waals surface area contributed by atoms with Crippen molar-refractivity contribution < 1.29 is 9.53 Å². The molecule has 1 aliphatic rings. The van der Waals surface area contributed by atoms with Gasteiger partial charge in [0.1, 0.15) is 11.3 Å². The second-order valence-electron chi connectivity index (χ2n) is 6.56. The van der Waals surface area contributed by atoms with E-state index >= 15 is 0 Å². The van der Waals surface area contributed by atoms with Gasteiger partial charge in [-0.25, -0.2) is 0 Å². The molecule has 1 amide bonds. The van der Waals surface area contributed by atoms with E-state index in [0.717, 1.165) is 23.4 Å². The maximum Gasteiger partial charge on any atom is 0.259 e. The number of hydrogen-bond donors (Lipinski definition) is 0. The molecule has 27 heavy (non-hydrogen) atoms. The van der Waals surface area contributed by atoms with Crippen LogP contribution < -0.4 is 4.74 Å². The average molecular weight is 382 g/mol. The second-order valence-corrected chi connectivity index (χ2v) is 6.96. The van der Waals surface area contributed by atoms with Gasteiger partial charge in [0.2, 0.25) is 0 Å². The van der Waals surface area contributed by atoms with Gasteiger partial charge in [-0.15, -0.1) is 0 Å². The molecule has 0 unspecified atom stereocenters. The van der Waals surface area contributed by atoms with Crippen molar-refractivity contribution in [3.63, 3.8) is 0 Å². The Hall–Kier alpha value is -2.79. The minimum Gasteiger partial charge on any atom is -0.496 e. The zero-order chi connectivity index (χ0) is 19.0. The highest BCUT2D eigenvalue weighted by Gasteiger charge is 2.29. The second kappa shape index (κ2) is 7.08. The van der Waals surface area contributed by atoms with Crippen LogP contribution in [0.3, 0.4) is 0 Å². The SMILES string of the molecule is COc1cccc(Cl)c1C(=O)N1CCc2c(nn(C)c2-c2ccccc2)C1. The summed E-state index contributed by atoms with van der Waals surface area (Å²) in [6.07, 6.45) is 0.756. The standard InChI is InChI=1S/C21H20ClN3O2/c1-24-20(14-7-4-3-5-8-14)15-11-12-25(13-17(15)23-24)21(26)19-16(22)9-6-10-18(19)27-2/h3-10H,11-13H2,1-2H3. The monoisotopic (exact) mass is 381 g/mol. The van der Waals surface area contributed by atoms with Gasteiger partial charge in [0.05, 0.1) is 30.1 Å². The van der Waals surface area contributed by atoms with Crippen LogP contribution in [0.25, 0.3) is 11.3 Å². The molecule has 0 N–H and O–H groups in total. The number of aryl methyl sites for hydroxylation is 1. The Morgan fingerprint density at radius 3 is 2.67 bits per heavy atom. The largest absolute Gasteiger partial charge is 0.496 e. The van der Waals surface area contributed by atoms with Crippen LogP contribution in [-0.4, -0.2) is 34.2 Å². The number of benzene rings is 2. The van der Waals surface area contributed by atoms with E-state index < -0.39 is 0 Å². The van der Waals surface area contributed by atoms with Crippen LogP contribution in [0.1, 0.15) is 21.6 Å². The van der Waals surface area contributed by atoms with Gasteiger partial charge in [-0.3, -0.25) is 9.48 Å². The molecule has 0 spiro atoms. The van der Waals surface area contributed by atoms with Crippen LogP contribution in [0.15, 0.2) is 48.5 Å². The Balaban J connectivity index is 1.66. The first-order valence-electron chi connectivity index (χ1n) is 8.82. The number of carbonyl (C=O) groups excluding carboxylic acids is 1. The Labute approximate surface area is 163 Å². The zero-order valence-corrected chi connectivity index (χ0v) is 16.0. The first-order valence-corrected chi connectivity index (χ1v) is 9.20. The van der Waals surface area contributed by atoms with Crippen LogP contribution >= 0.6 is 11.6 Å². The summed E-state index contributed by atoms with van der Waals surface area (Å²) in [6.45, 7) is 1.08. The number of aromatic nitrogens is 2. The van der Waals surface area contributed by atoms with E-state index in [1.54, 1.807) is 30.2 Å². The van der Waals surface area contributed by atoms with Gasteiger partial charge in [-0.2, -0.15) is 5.10 Å². The van der Waals surface area contributed by atoms with Crippen LogP contribution in [0.4, 0.5) is 0 Å². The first kappa shape index (κ1) is 17.6. The third-order valence-corrected chi connectivity index (χ3v) is 5.26. The molecule has 2 heterocycles. The van der Waals surface area contributed by atoms with Gasteiger partial charge in [-0.05, 0) is 18.6 Å². The van der Waals surface area contributed by atoms with Crippen molar-refractivity contribution in [1.29, 1.82) is 0 Å². The maximum absolute atomic E-state index is 13.1. The van der Waals surface area contributed by atoms with E-state index in [9.17, 15) is 4.79 Å². The summed E-state index contributed by atoms with van der Waals surface area (Å²) in [6, 6.07) is 15.5. The lowest BCUT2D eigenvalue weighted by molar-refractivity contribution is 0.0729. The summed E-state index contributed by atoms with van der Waals surface area (Å²) in [7, 11) is 3.49. The number of hydrogen-bond acceptors (Lipinski definition) is 3. The highest BCUT2D eigenvalue weighted by Crippen LogP contribution is 2.32. The van der Waals surface area contributed by atoms with Crippen LogP contribution in [0.2, 0.25) is 5.02 Å². The van der Waals surface area contributed by atoms with E-state index in [4.69, 9.17) is 16.3 Å². The van der Waals surface area contributed by atoms with E-state index in [1.807, 2.05) is 29.9 Å². The fraction of sp³-hybridized carbons (Fsp3) is 0.238. The highest BCUT2D eigenvalue weighted by atomic mass is 35.5. The smallest absolute Gasteiger partial charge is 0.259 e. The normalized spacial score (nSPS) is 13.4. The summed E-state index contributed by atoms with van der Waals surface area (Å²) < 4.78 is 7.24. The molecule has 0 atom stereocenters. The zero-order valence-electron chi connectivity index (χ0n) is 15.3. The molecule has 138 valence electrons. The lowest BCUT2D eigenvalue weighted by Gasteiger charge is -2.27. The molecule has 2 aromatic carbocycles. The third-order valence-electron chi connectivity index (χ3n) is 4.94. The van der Waals surface area contributed by atoms with Gasteiger partial charge < -0.3 is 9.64 Å². The summed E-state index contributed by atoms with van der Waals surface area (Å²) >= 11 is 6.28. The van der Waals surface area contributed by atoms with E-state index in [0.29, 0.717) is 29.4 Å². The average Bonchev–Trinajstić information content (AvgIpc) is 3.02. The molecule has 0 aliphatic carbocycles. The summed E-state index contributed by atoms with van der Waals surface area (Å²) in [4.78, 5) is 14.9. The first-order chi connectivity index (χ1) is 13.1. The van der Waals surface area contributed by atoms with Crippen molar-refractivity contribution in [1.82, 2.24) is 14.7 Å². The maximum atomic E-state index is 13.1. The van der Waals surface area contributed by atoms with Crippen molar-refractivity contribution in [3.8, 4) is 17.0 Å². The highest BCUT2D eigenvalue weighted by molar-refractivity contribution is 6.34. The van der Waals surface area contributed by atoms with Crippen LogP contribution in [-0.2, 0) is 20.0 Å². The molecule has 4 rings (SSSR count). The molecule has 6 heteroatoms. The van der Waals surface area contributed by atoms with Crippen molar-refractivity contribution in [2.45, 2.75) is 13.0 Å². The van der Waals surface area contributed by atoms with Gasteiger partial charge in [0, 0.05) is 24.7 Å². The molecule has 0 saturated heterocycles. The van der Waals surface area contributed by atoms with E-state index in [2.05, 4.69) is 17.2 Å². The lowest BCUT2D eigenvalue weighted by atomic mass is 9.99. The predicted octanol–water partition coefficient (Wildman–Crippen LogP) is 3.95. The lowest BCUT2D eigenvalue weighted by Crippen LogP contribution is -2.36. The molecule has 3 aromatic rings. The predicted molar refractivity (Wildman–Crippen MR) is 105 cm³/mol. The molecule has 1 aromatic heterocycles. The number of methoxy groups -OCH3 is 1.